The lowest BCUT2D eigenvalue weighted by molar-refractivity contribution is 0.307. The molecule has 0 unspecified atom stereocenters. The van der Waals surface area contributed by atoms with E-state index >= 15 is 0 Å². The molecule has 0 saturated carbocycles. The van der Waals surface area contributed by atoms with Gasteiger partial charge in [0, 0.05) is 29.6 Å². The monoisotopic (exact) mass is 431 g/mol. The quantitative estimate of drug-likeness (QED) is 0.604. The summed E-state index contributed by atoms with van der Waals surface area (Å²) in [6.07, 6.45) is 1.31. The molecule has 29 heavy (non-hydrogen) atoms. The van der Waals surface area contributed by atoms with Crippen LogP contribution in [0.15, 0.2) is 51.9 Å². The SMILES string of the molecule is Cc1ccc(C)c(S(=O)(=O)N2CCC(c3noc(-c4ccc(Cl)cc4)n3)CC2)c1. The predicted octanol–water partition coefficient (Wildman–Crippen LogP) is 4.58. The van der Waals surface area contributed by atoms with E-state index in [0.29, 0.717) is 47.6 Å². The van der Waals surface area contributed by atoms with Gasteiger partial charge in [-0.3, -0.25) is 0 Å². The molecule has 0 bridgehead atoms. The fourth-order valence-corrected chi connectivity index (χ4v) is 5.49. The third kappa shape index (κ3) is 4.08. The minimum Gasteiger partial charge on any atom is -0.334 e. The highest BCUT2D eigenvalue weighted by molar-refractivity contribution is 7.89. The van der Waals surface area contributed by atoms with Crippen LogP contribution in [-0.4, -0.2) is 36.0 Å². The summed E-state index contributed by atoms with van der Waals surface area (Å²) < 4.78 is 33.1. The number of sulfonamides is 1. The smallest absolute Gasteiger partial charge is 0.257 e. The van der Waals surface area contributed by atoms with Crippen molar-refractivity contribution in [2.24, 2.45) is 0 Å². The number of rotatable bonds is 4. The Kier molecular flexibility index (Phi) is 5.46. The molecule has 0 radical (unpaired) electrons. The Balaban J connectivity index is 1.47. The summed E-state index contributed by atoms with van der Waals surface area (Å²) >= 11 is 5.92. The summed E-state index contributed by atoms with van der Waals surface area (Å²) in [5.41, 5.74) is 2.51. The number of aromatic nitrogens is 2. The number of hydrogen-bond donors (Lipinski definition) is 0. The average Bonchev–Trinajstić information content (AvgIpc) is 3.20. The van der Waals surface area contributed by atoms with Gasteiger partial charge in [0.25, 0.3) is 5.89 Å². The Labute approximate surface area is 175 Å². The van der Waals surface area contributed by atoms with Crippen molar-refractivity contribution in [3.8, 4) is 11.5 Å². The second-order valence-electron chi connectivity index (χ2n) is 7.41. The Morgan fingerprint density at radius 2 is 1.76 bits per heavy atom. The zero-order chi connectivity index (χ0) is 20.6. The van der Waals surface area contributed by atoms with Gasteiger partial charge in [-0.1, -0.05) is 28.9 Å². The van der Waals surface area contributed by atoms with Crippen LogP contribution < -0.4 is 0 Å². The molecule has 1 fully saturated rings. The fraction of sp³-hybridized carbons (Fsp3) is 0.333. The molecule has 2 heterocycles. The first-order chi connectivity index (χ1) is 13.8. The molecular weight excluding hydrogens is 410 g/mol. The largest absolute Gasteiger partial charge is 0.334 e. The molecule has 8 heteroatoms. The second-order valence-corrected chi connectivity index (χ2v) is 9.75. The Bertz CT molecular complexity index is 1120. The molecule has 1 aromatic heterocycles. The van der Waals surface area contributed by atoms with Crippen molar-refractivity contribution in [3.63, 3.8) is 0 Å². The molecule has 0 amide bonds. The molecule has 0 aliphatic carbocycles. The van der Waals surface area contributed by atoms with Crippen molar-refractivity contribution in [2.45, 2.75) is 37.5 Å². The standard InChI is InChI=1S/C21H22ClN3O3S/c1-14-3-4-15(2)19(13-14)29(26,27)25-11-9-16(10-12-25)20-23-21(28-24-20)17-5-7-18(22)8-6-17/h3-8,13,16H,9-12H2,1-2H3. The molecule has 2 aromatic carbocycles. The van der Waals surface area contributed by atoms with Crippen molar-refractivity contribution in [3.05, 3.63) is 64.4 Å². The van der Waals surface area contributed by atoms with Crippen LogP contribution in [0.5, 0.6) is 0 Å². The average molecular weight is 432 g/mol. The van der Waals surface area contributed by atoms with Gasteiger partial charge in [0.1, 0.15) is 0 Å². The summed E-state index contributed by atoms with van der Waals surface area (Å²) in [6.45, 7) is 4.60. The van der Waals surface area contributed by atoms with Gasteiger partial charge in [0.2, 0.25) is 10.0 Å². The lowest BCUT2D eigenvalue weighted by Crippen LogP contribution is -2.38. The molecule has 3 aromatic rings. The summed E-state index contributed by atoms with van der Waals surface area (Å²) in [7, 11) is -3.51. The van der Waals surface area contributed by atoms with Gasteiger partial charge in [-0.25, -0.2) is 8.42 Å². The number of nitrogens with zero attached hydrogens (tertiary/aromatic N) is 3. The topological polar surface area (TPSA) is 76.3 Å². The van der Waals surface area contributed by atoms with E-state index in [1.165, 1.54) is 0 Å². The van der Waals surface area contributed by atoms with E-state index in [2.05, 4.69) is 10.1 Å². The molecule has 0 N–H and O–H groups in total. The molecule has 152 valence electrons. The maximum atomic E-state index is 13.1. The van der Waals surface area contributed by atoms with Crippen LogP contribution in [0.1, 0.15) is 35.7 Å². The van der Waals surface area contributed by atoms with E-state index in [9.17, 15) is 8.42 Å². The third-order valence-corrected chi connectivity index (χ3v) is 7.61. The van der Waals surface area contributed by atoms with Crippen molar-refractivity contribution < 1.29 is 12.9 Å². The van der Waals surface area contributed by atoms with Gasteiger partial charge >= 0.3 is 0 Å². The van der Waals surface area contributed by atoms with Crippen molar-refractivity contribution in [1.29, 1.82) is 0 Å². The highest BCUT2D eigenvalue weighted by Gasteiger charge is 2.32. The van der Waals surface area contributed by atoms with Crippen molar-refractivity contribution in [1.82, 2.24) is 14.4 Å². The van der Waals surface area contributed by atoms with Crippen LogP contribution in [-0.2, 0) is 10.0 Å². The van der Waals surface area contributed by atoms with Crippen LogP contribution in [0.3, 0.4) is 0 Å². The van der Waals surface area contributed by atoms with Crippen molar-refractivity contribution in [2.75, 3.05) is 13.1 Å². The Hall–Kier alpha value is -2.22. The van der Waals surface area contributed by atoms with Crippen LogP contribution in [0.4, 0.5) is 0 Å². The maximum Gasteiger partial charge on any atom is 0.257 e. The first kappa shape index (κ1) is 20.1. The summed E-state index contributed by atoms with van der Waals surface area (Å²) in [4.78, 5) is 4.91. The molecule has 1 aliphatic rings. The normalized spacial score (nSPS) is 16.2. The minimum atomic E-state index is -3.51. The number of aryl methyl sites for hydroxylation is 2. The fourth-order valence-electron chi connectivity index (χ4n) is 3.59. The van der Waals surface area contributed by atoms with Crippen LogP contribution in [0.25, 0.3) is 11.5 Å². The van der Waals surface area contributed by atoms with E-state index in [1.807, 2.05) is 38.1 Å². The molecule has 0 atom stereocenters. The highest BCUT2D eigenvalue weighted by atomic mass is 35.5. The summed E-state index contributed by atoms with van der Waals surface area (Å²) in [5, 5.41) is 4.77. The zero-order valence-corrected chi connectivity index (χ0v) is 17.9. The van der Waals surface area contributed by atoms with Gasteiger partial charge in [-0.2, -0.15) is 9.29 Å². The summed E-state index contributed by atoms with van der Waals surface area (Å²) in [6, 6.07) is 12.7. The zero-order valence-electron chi connectivity index (χ0n) is 16.3. The van der Waals surface area contributed by atoms with Crippen molar-refractivity contribution >= 4 is 21.6 Å². The number of halogens is 1. The van der Waals surface area contributed by atoms with Gasteiger partial charge in [-0.15, -0.1) is 0 Å². The number of hydrogen-bond acceptors (Lipinski definition) is 5. The van der Waals surface area contributed by atoms with Gasteiger partial charge in [0.15, 0.2) is 5.82 Å². The van der Waals surface area contributed by atoms with E-state index in [-0.39, 0.29) is 5.92 Å². The lowest BCUT2D eigenvalue weighted by Gasteiger charge is -2.30. The van der Waals surface area contributed by atoms with Gasteiger partial charge in [0.05, 0.1) is 4.90 Å². The number of benzene rings is 2. The summed E-state index contributed by atoms with van der Waals surface area (Å²) in [5.74, 6) is 1.14. The molecule has 1 aliphatic heterocycles. The molecule has 6 nitrogen and oxygen atoms in total. The van der Waals surface area contributed by atoms with Crippen LogP contribution >= 0.6 is 11.6 Å². The minimum absolute atomic E-state index is 0.0739. The van der Waals surface area contributed by atoms with Crippen LogP contribution in [0.2, 0.25) is 5.02 Å². The van der Waals surface area contributed by atoms with Gasteiger partial charge < -0.3 is 4.52 Å². The first-order valence-corrected chi connectivity index (χ1v) is 11.3. The van der Waals surface area contributed by atoms with E-state index < -0.39 is 10.0 Å². The van der Waals surface area contributed by atoms with Gasteiger partial charge in [-0.05, 0) is 68.1 Å². The van der Waals surface area contributed by atoms with E-state index in [1.54, 1.807) is 22.5 Å². The molecular formula is C21H22ClN3O3S. The lowest BCUT2D eigenvalue weighted by atomic mass is 9.97. The highest BCUT2D eigenvalue weighted by Crippen LogP contribution is 2.31. The van der Waals surface area contributed by atoms with Crippen LogP contribution in [0, 0.1) is 13.8 Å². The maximum absolute atomic E-state index is 13.1. The predicted molar refractivity (Wildman–Crippen MR) is 111 cm³/mol. The van der Waals surface area contributed by atoms with E-state index in [0.717, 1.165) is 16.7 Å². The first-order valence-electron chi connectivity index (χ1n) is 9.51. The Morgan fingerprint density at radius 3 is 2.45 bits per heavy atom. The second kappa shape index (κ2) is 7.89. The Morgan fingerprint density at radius 1 is 1.07 bits per heavy atom. The third-order valence-electron chi connectivity index (χ3n) is 5.31. The molecule has 4 rings (SSSR count). The molecule has 0 spiro atoms. The number of piperidine rings is 1. The van der Waals surface area contributed by atoms with E-state index in [4.69, 9.17) is 16.1 Å². The molecule has 1 saturated heterocycles.